The fourth-order valence-corrected chi connectivity index (χ4v) is 4.98. The Kier molecular flexibility index (Phi) is 0.939. The van der Waals surface area contributed by atoms with E-state index in [1.807, 2.05) is 0 Å². The molecule has 6 atom stereocenters. The van der Waals surface area contributed by atoms with Crippen LogP contribution in [0, 0.1) is 35.5 Å². The molecule has 0 amide bonds. The highest BCUT2D eigenvalue weighted by Gasteiger charge is 2.57. The summed E-state index contributed by atoms with van der Waals surface area (Å²) in [5, 5.41) is 0. The van der Waals surface area contributed by atoms with Crippen LogP contribution in [-0.2, 0) is 0 Å². The number of fused-ring (bicyclic) bond motifs is 9. The first-order chi connectivity index (χ1) is 5.93. The molecule has 4 unspecified atom stereocenters. The lowest BCUT2D eigenvalue weighted by molar-refractivity contribution is 0.206. The van der Waals surface area contributed by atoms with Crippen molar-refractivity contribution in [2.45, 2.75) is 25.7 Å². The zero-order valence-corrected chi connectivity index (χ0v) is 7.45. The van der Waals surface area contributed by atoms with Gasteiger partial charge in [-0.3, -0.25) is 0 Å². The first-order valence-electron chi connectivity index (χ1n) is 5.62. The van der Waals surface area contributed by atoms with Gasteiger partial charge in [0, 0.05) is 0 Å². The van der Waals surface area contributed by atoms with Crippen LogP contribution >= 0.6 is 0 Å². The lowest BCUT2D eigenvalue weighted by atomic mass is 9.73. The van der Waals surface area contributed by atoms with Crippen molar-refractivity contribution in [3.8, 4) is 0 Å². The van der Waals surface area contributed by atoms with Gasteiger partial charge in [0.1, 0.15) is 0 Å². The predicted molar refractivity (Wildman–Crippen MR) is 48.5 cm³/mol. The molecule has 0 spiro atoms. The molecular formula is C12H16. The summed E-state index contributed by atoms with van der Waals surface area (Å²) in [6.07, 6.45) is 11.3. The molecule has 0 radical (unpaired) electrons. The highest BCUT2D eigenvalue weighted by molar-refractivity contribution is 5.19. The second kappa shape index (κ2) is 1.81. The molecule has 4 rings (SSSR count). The highest BCUT2D eigenvalue weighted by atomic mass is 14.6. The van der Waals surface area contributed by atoms with Crippen LogP contribution in [0.4, 0.5) is 0 Å². The summed E-state index contributed by atoms with van der Waals surface area (Å²) in [6, 6.07) is 0. The van der Waals surface area contributed by atoms with Gasteiger partial charge in [-0.05, 0) is 61.2 Å². The van der Waals surface area contributed by atoms with Crippen LogP contribution in [0.25, 0.3) is 0 Å². The zero-order chi connectivity index (χ0) is 7.71. The lowest BCUT2D eigenvalue weighted by Crippen LogP contribution is -2.25. The van der Waals surface area contributed by atoms with Gasteiger partial charge in [-0.15, -0.1) is 0 Å². The van der Waals surface area contributed by atoms with Crippen LogP contribution in [0.15, 0.2) is 12.2 Å². The van der Waals surface area contributed by atoms with Crippen LogP contribution in [0.3, 0.4) is 0 Å². The van der Waals surface area contributed by atoms with Crippen LogP contribution in [0.5, 0.6) is 0 Å². The van der Waals surface area contributed by atoms with E-state index in [0.29, 0.717) is 0 Å². The molecule has 4 bridgehead atoms. The summed E-state index contributed by atoms with van der Waals surface area (Å²) in [7, 11) is 0. The van der Waals surface area contributed by atoms with Crippen molar-refractivity contribution >= 4 is 0 Å². The molecule has 12 heavy (non-hydrogen) atoms. The van der Waals surface area contributed by atoms with E-state index in [1.165, 1.54) is 6.42 Å². The summed E-state index contributed by atoms with van der Waals surface area (Å²) in [4.78, 5) is 0. The Labute approximate surface area is 74.0 Å². The Morgan fingerprint density at radius 3 is 1.92 bits per heavy atom. The van der Waals surface area contributed by atoms with Gasteiger partial charge in [0.2, 0.25) is 0 Å². The Hall–Kier alpha value is -0.260. The van der Waals surface area contributed by atoms with Crippen LogP contribution in [0.2, 0.25) is 0 Å². The van der Waals surface area contributed by atoms with Crippen molar-refractivity contribution in [3.63, 3.8) is 0 Å². The summed E-state index contributed by atoms with van der Waals surface area (Å²) < 4.78 is 0. The van der Waals surface area contributed by atoms with Crippen molar-refractivity contribution in [2.24, 2.45) is 35.5 Å². The second-order valence-electron chi connectivity index (χ2n) is 5.44. The number of hydrogen-bond donors (Lipinski definition) is 0. The predicted octanol–water partition coefficient (Wildman–Crippen LogP) is 2.85. The molecule has 0 aromatic carbocycles. The smallest absolute Gasteiger partial charge is 0.0194 e. The SMILES string of the molecule is C1=C[C@H]2C[C@@H]1C1C3CCC(C3)C12. The minimum absolute atomic E-state index is 1.02. The molecule has 4 aliphatic carbocycles. The third kappa shape index (κ3) is 0.522. The minimum atomic E-state index is 1.02. The molecule has 0 aliphatic heterocycles. The normalized spacial score (nSPS) is 64.7. The van der Waals surface area contributed by atoms with Gasteiger partial charge < -0.3 is 0 Å². The van der Waals surface area contributed by atoms with Gasteiger partial charge >= 0.3 is 0 Å². The minimum Gasteiger partial charge on any atom is -0.0848 e. The molecule has 0 saturated heterocycles. The highest BCUT2D eigenvalue weighted by Crippen LogP contribution is 2.65. The molecular weight excluding hydrogens is 144 g/mol. The van der Waals surface area contributed by atoms with Gasteiger partial charge in [0.25, 0.3) is 0 Å². The fraction of sp³-hybridized carbons (Fsp3) is 0.833. The third-order valence-electron chi connectivity index (χ3n) is 5.19. The zero-order valence-electron chi connectivity index (χ0n) is 7.45. The molecule has 64 valence electrons. The van der Waals surface area contributed by atoms with E-state index < -0.39 is 0 Å². The van der Waals surface area contributed by atoms with Gasteiger partial charge in [-0.1, -0.05) is 12.2 Å². The Morgan fingerprint density at radius 2 is 1.33 bits per heavy atom. The quantitative estimate of drug-likeness (QED) is 0.377. The average molecular weight is 160 g/mol. The fourth-order valence-electron chi connectivity index (χ4n) is 4.98. The summed E-state index contributed by atoms with van der Waals surface area (Å²) in [6.45, 7) is 0. The van der Waals surface area contributed by atoms with E-state index in [1.54, 1.807) is 19.3 Å². The molecule has 0 N–H and O–H groups in total. The van der Waals surface area contributed by atoms with Gasteiger partial charge in [-0.2, -0.15) is 0 Å². The van der Waals surface area contributed by atoms with Crippen molar-refractivity contribution < 1.29 is 0 Å². The summed E-state index contributed by atoms with van der Waals surface area (Å²) in [5.74, 6) is 6.66. The molecule has 0 aromatic rings. The van der Waals surface area contributed by atoms with Gasteiger partial charge in [0.05, 0.1) is 0 Å². The van der Waals surface area contributed by atoms with E-state index in [0.717, 1.165) is 35.5 Å². The van der Waals surface area contributed by atoms with E-state index in [4.69, 9.17) is 0 Å². The second-order valence-corrected chi connectivity index (χ2v) is 5.44. The molecule has 4 aliphatic rings. The molecule has 0 heterocycles. The largest absolute Gasteiger partial charge is 0.0848 e. The molecule has 0 heteroatoms. The van der Waals surface area contributed by atoms with Crippen molar-refractivity contribution in [1.82, 2.24) is 0 Å². The van der Waals surface area contributed by atoms with Gasteiger partial charge in [0.15, 0.2) is 0 Å². The van der Waals surface area contributed by atoms with E-state index in [2.05, 4.69) is 12.2 Å². The molecule has 3 saturated carbocycles. The third-order valence-corrected chi connectivity index (χ3v) is 5.19. The summed E-state index contributed by atoms with van der Waals surface area (Å²) >= 11 is 0. The maximum absolute atomic E-state index is 2.53. The van der Waals surface area contributed by atoms with Crippen LogP contribution < -0.4 is 0 Å². The van der Waals surface area contributed by atoms with Crippen LogP contribution in [0.1, 0.15) is 25.7 Å². The van der Waals surface area contributed by atoms with Gasteiger partial charge in [-0.25, -0.2) is 0 Å². The maximum atomic E-state index is 2.53. The van der Waals surface area contributed by atoms with E-state index in [9.17, 15) is 0 Å². The first-order valence-corrected chi connectivity index (χ1v) is 5.62. The maximum Gasteiger partial charge on any atom is -0.0194 e. The molecule has 0 nitrogen and oxygen atoms in total. The standard InChI is InChI=1S/C12H16/c1-2-8-5-7(1)11-9-3-4-10(6-9)12(8)11/h1-2,7-12H,3-6H2/t7-,8+,9?,10?,11?,12?. The molecule has 0 aromatic heterocycles. The van der Waals surface area contributed by atoms with Crippen molar-refractivity contribution in [1.29, 1.82) is 0 Å². The summed E-state index contributed by atoms with van der Waals surface area (Å²) in [5.41, 5.74) is 0. The Morgan fingerprint density at radius 1 is 0.750 bits per heavy atom. The number of hydrogen-bond acceptors (Lipinski definition) is 0. The Bertz CT molecular complexity index is 229. The number of allylic oxidation sites excluding steroid dienone is 2. The lowest BCUT2D eigenvalue weighted by Gasteiger charge is -2.31. The molecule has 3 fully saturated rings. The first kappa shape index (κ1) is 6.23. The topological polar surface area (TPSA) is 0 Å². The van der Waals surface area contributed by atoms with Crippen molar-refractivity contribution in [3.05, 3.63) is 12.2 Å². The van der Waals surface area contributed by atoms with Crippen LogP contribution in [-0.4, -0.2) is 0 Å². The Balaban J connectivity index is 1.82. The average Bonchev–Trinajstić information content (AvgIpc) is 2.83. The van der Waals surface area contributed by atoms with E-state index in [-0.39, 0.29) is 0 Å². The van der Waals surface area contributed by atoms with Crippen molar-refractivity contribution in [2.75, 3.05) is 0 Å². The van der Waals surface area contributed by atoms with E-state index >= 15 is 0 Å². The monoisotopic (exact) mass is 160 g/mol. The number of rotatable bonds is 0.